The van der Waals surface area contributed by atoms with Gasteiger partial charge in [-0.2, -0.15) is 0 Å². The number of benzene rings is 7. The van der Waals surface area contributed by atoms with Crippen LogP contribution in [0.3, 0.4) is 0 Å². The molecule has 10 aromatic rings. The molecule has 0 aliphatic carbocycles. The van der Waals surface area contributed by atoms with Crippen molar-refractivity contribution in [2.45, 2.75) is 0 Å². The van der Waals surface area contributed by atoms with Gasteiger partial charge >= 0.3 is 0 Å². The second-order valence-corrected chi connectivity index (χ2v) is 13.3. The number of thiophene rings is 1. The van der Waals surface area contributed by atoms with Crippen LogP contribution in [0.15, 0.2) is 170 Å². The first-order chi connectivity index (χ1) is 24.3. The molecule has 0 fully saturated rings. The fraction of sp³-hybridized carbons (Fsp3) is 0. The Morgan fingerprint density at radius 1 is 0.490 bits per heavy atom. The van der Waals surface area contributed by atoms with Gasteiger partial charge in [0.05, 0.1) is 26.9 Å². The van der Waals surface area contributed by atoms with Gasteiger partial charge in [0.2, 0.25) is 0 Å². The van der Waals surface area contributed by atoms with Crippen LogP contribution in [0.4, 0.5) is 17.1 Å². The molecule has 0 N–H and O–H groups in total. The maximum absolute atomic E-state index is 5.14. The van der Waals surface area contributed by atoms with Crippen LogP contribution in [0.5, 0.6) is 0 Å². The SMILES string of the molecule is c1ccc(N(c2ccc(-c3ccc4c(c3)c3nc5ccccc5nc3n4-c3ccccc3)cc2)c2cccc3c2sc2ccccc23)cc1. The first-order valence-corrected chi connectivity index (χ1v) is 17.2. The molecule has 0 atom stereocenters. The average molecular weight is 645 g/mol. The first-order valence-electron chi connectivity index (χ1n) is 16.4. The standard InChI is InChI=1S/C44H28N4S/c1-3-12-31(13-4-1)47(40-20-11-17-35-34-16-7-10-21-41(34)49-43(35)40)33-25-22-29(23-26-33)30-24-27-39-36(28-30)42-44(48(39)32-14-5-2-6-15-32)46-38-19-9-8-18-37(38)45-42/h1-28H. The van der Waals surface area contributed by atoms with Crippen LogP contribution >= 0.6 is 11.3 Å². The van der Waals surface area contributed by atoms with Crippen molar-refractivity contribution in [3.8, 4) is 16.8 Å². The average Bonchev–Trinajstić information content (AvgIpc) is 3.71. The fourth-order valence-electron chi connectivity index (χ4n) is 7.10. The topological polar surface area (TPSA) is 34.0 Å². The van der Waals surface area contributed by atoms with Crippen molar-refractivity contribution in [3.05, 3.63) is 170 Å². The Bertz CT molecular complexity index is 2820. The van der Waals surface area contributed by atoms with Gasteiger partial charge in [0.15, 0.2) is 5.65 Å². The van der Waals surface area contributed by atoms with E-state index in [1.54, 1.807) is 0 Å². The molecule has 0 spiro atoms. The highest BCUT2D eigenvalue weighted by Gasteiger charge is 2.19. The molecule has 3 heterocycles. The Labute approximate surface area is 286 Å². The molecule has 0 saturated carbocycles. The minimum Gasteiger partial charge on any atom is -0.309 e. The second-order valence-electron chi connectivity index (χ2n) is 12.3. The van der Waals surface area contributed by atoms with Crippen molar-refractivity contribution in [2.75, 3.05) is 4.90 Å². The summed E-state index contributed by atoms with van der Waals surface area (Å²) in [5.74, 6) is 0. The first kappa shape index (κ1) is 27.8. The molecular weight excluding hydrogens is 617 g/mol. The highest BCUT2D eigenvalue weighted by atomic mass is 32.1. The molecule has 7 aromatic carbocycles. The van der Waals surface area contributed by atoms with Crippen LogP contribution in [0.2, 0.25) is 0 Å². The number of anilines is 3. The van der Waals surface area contributed by atoms with Gasteiger partial charge in [-0.3, -0.25) is 4.57 Å². The molecule has 0 radical (unpaired) electrons. The number of fused-ring (bicyclic) bond motifs is 7. The zero-order valence-corrected chi connectivity index (χ0v) is 27.2. The molecule has 0 amide bonds. The maximum Gasteiger partial charge on any atom is 0.165 e. The van der Waals surface area contributed by atoms with E-state index in [-0.39, 0.29) is 0 Å². The lowest BCUT2D eigenvalue weighted by molar-refractivity contribution is 1.14. The van der Waals surface area contributed by atoms with Crippen LogP contribution in [0.1, 0.15) is 0 Å². The van der Waals surface area contributed by atoms with Gasteiger partial charge in [0.1, 0.15) is 5.52 Å². The van der Waals surface area contributed by atoms with E-state index >= 15 is 0 Å². The molecule has 0 unspecified atom stereocenters. The molecule has 3 aromatic heterocycles. The third-order valence-corrected chi connectivity index (χ3v) is 10.6. The smallest absolute Gasteiger partial charge is 0.165 e. The predicted octanol–water partition coefficient (Wildman–Crippen LogP) is 12.2. The van der Waals surface area contributed by atoms with E-state index in [1.165, 1.54) is 25.9 Å². The van der Waals surface area contributed by atoms with Crippen molar-refractivity contribution >= 4 is 81.7 Å². The second kappa shape index (κ2) is 11.2. The molecule has 0 aliphatic heterocycles. The molecule has 49 heavy (non-hydrogen) atoms. The monoisotopic (exact) mass is 644 g/mol. The summed E-state index contributed by atoms with van der Waals surface area (Å²) >= 11 is 1.85. The molecule has 0 aliphatic rings. The van der Waals surface area contributed by atoms with Crippen LogP contribution in [-0.2, 0) is 0 Å². The Kier molecular flexibility index (Phi) is 6.32. The number of hydrogen-bond acceptors (Lipinski definition) is 4. The number of para-hydroxylation sites is 4. The summed E-state index contributed by atoms with van der Waals surface area (Å²) in [6, 6.07) is 60.1. The fourth-order valence-corrected chi connectivity index (χ4v) is 8.30. The summed E-state index contributed by atoms with van der Waals surface area (Å²) in [7, 11) is 0. The lowest BCUT2D eigenvalue weighted by atomic mass is 10.0. The summed E-state index contributed by atoms with van der Waals surface area (Å²) in [6.07, 6.45) is 0. The minimum absolute atomic E-state index is 0.862. The molecule has 0 saturated heterocycles. The molecular formula is C44H28N4S. The summed E-state index contributed by atoms with van der Waals surface area (Å²) < 4.78 is 4.81. The maximum atomic E-state index is 5.14. The van der Waals surface area contributed by atoms with E-state index in [1.807, 2.05) is 41.7 Å². The molecule has 0 bridgehead atoms. The van der Waals surface area contributed by atoms with Crippen LogP contribution in [-0.4, -0.2) is 14.5 Å². The van der Waals surface area contributed by atoms with Gasteiger partial charge in [0.25, 0.3) is 0 Å². The quantitative estimate of drug-likeness (QED) is 0.187. The Morgan fingerprint density at radius 3 is 1.96 bits per heavy atom. The lowest BCUT2D eigenvalue weighted by Crippen LogP contribution is -2.09. The van der Waals surface area contributed by atoms with E-state index in [2.05, 4.69) is 149 Å². The number of nitrogens with zero attached hydrogens (tertiary/aromatic N) is 4. The van der Waals surface area contributed by atoms with Gasteiger partial charge < -0.3 is 4.90 Å². The third-order valence-electron chi connectivity index (χ3n) is 9.37. The molecule has 4 nitrogen and oxygen atoms in total. The molecule has 230 valence electrons. The van der Waals surface area contributed by atoms with Crippen LogP contribution in [0, 0.1) is 0 Å². The molecule has 5 heteroatoms. The van der Waals surface area contributed by atoms with Crippen LogP contribution in [0.25, 0.3) is 70.1 Å². The van der Waals surface area contributed by atoms with E-state index in [0.29, 0.717) is 0 Å². The van der Waals surface area contributed by atoms with E-state index in [9.17, 15) is 0 Å². The number of hydrogen-bond donors (Lipinski definition) is 0. The molecule has 10 rings (SSSR count). The highest BCUT2D eigenvalue weighted by molar-refractivity contribution is 7.26. The van der Waals surface area contributed by atoms with Crippen molar-refractivity contribution in [3.63, 3.8) is 0 Å². The Morgan fingerprint density at radius 2 is 1.14 bits per heavy atom. The summed E-state index contributed by atoms with van der Waals surface area (Å²) in [5, 5.41) is 3.67. The van der Waals surface area contributed by atoms with Crippen molar-refractivity contribution in [1.29, 1.82) is 0 Å². The highest BCUT2D eigenvalue weighted by Crippen LogP contribution is 2.45. The lowest BCUT2D eigenvalue weighted by Gasteiger charge is -2.26. The van der Waals surface area contributed by atoms with Gasteiger partial charge in [-0.25, -0.2) is 9.97 Å². The Hall–Kier alpha value is -6.30. The van der Waals surface area contributed by atoms with E-state index in [4.69, 9.17) is 9.97 Å². The predicted molar refractivity (Wildman–Crippen MR) is 207 cm³/mol. The zero-order valence-electron chi connectivity index (χ0n) is 26.4. The van der Waals surface area contributed by atoms with E-state index in [0.717, 1.165) is 61.3 Å². The van der Waals surface area contributed by atoms with Crippen molar-refractivity contribution in [1.82, 2.24) is 14.5 Å². The third kappa shape index (κ3) is 4.51. The van der Waals surface area contributed by atoms with Crippen molar-refractivity contribution < 1.29 is 0 Å². The van der Waals surface area contributed by atoms with Gasteiger partial charge in [-0.05, 0) is 83.9 Å². The largest absolute Gasteiger partial charge is 0.309 e. The minimum atomic E-state index is 0.862. The number of aromatic nitrogens is 3. The van der Waals surface area contributed by atoms with Crippen molar-refractivity contribution in [2.24, 2.45) is 0 Å². The Balaban J connectivity index is 1.12. The zero-order chi connectivity index (χ0) is 32.3. The summed E-state index contributed by atoms with van der Waals surface area (Å²) in [4.78, 5) is 12.6. The van der Waals surface area contributed by atoms with Gasteiger partial charge in [-0.15, -0.1) is 11.3 Å². The summed E-state index contributed by atoms with van der Waals surface area (Å²) in [5.41, 5.74) is 11.4. The van der Waals surface area contributed by atoms with Crippen LogP contribution < -0.4 is 4.90 Å². The van der Waals surface area contributed by atoms with Gasteiger partial charge in [-0.1, -0.05) is 97.1 Å². The van der Waals surface area contributed by atoms with E-state index < -0.39 is 0 Å². The normalized spacial score (nSPS) is 11.7. The number of rotatable bonds is 5. The van der Waals surface area contributed by atoms with Gasteiger partial charge in [0, 0.05) is 37.9 Å². The summed E-state index contributed by atoms with van der Waals surface area (Å²) in [6.45, 7) is 0.